The van der Waals surface area contributed by atoms with Crippen molar-refractivity contribution >= 4 is 40.7 Å². The Morgan fingerprint density at radius 2 is 1.52 bits per heavy atom. The van der Waals surface area contributed by atoms with Gasteiger partial charge in [0.2, 0.25) is 0 Å². The number of carbonyl (C=O) groups is 3. The molecule has 3 rings (SSSR count). The van der Waals surface area contributed by atoms with Gasteiger partial charge in [-0.3, -0.25) is 14.4 Å². The van der Waals surface area contributed by atoms with Gasteiger partial charge >= 0.3 is 0 Å². The van der Waals surface area contributed by atoms with E-state index < -0.39 is 11.8 Å². The number of primary amides is 1. The van der Waals surface area contributed by atoms with Gasteiger partial charge in [0, 0.05) is 11.4 Å². The molecule has 0 aliphatic rings. The van der Waals surface area contributed by atoms with Gasteiger partial charge in [-0.05, 0) is 36.4 Å². The summed E-state index contributed by atoms with van der Waals surface area (Å²) in [6.07, 6.45) is 1.21. The van der Waals surface area contributed by atoms with Gasteiger partial charge in [0.1, 0.15) is 5.69 Å². The van der Waals surface area contributed by atoms with Crippen molar-refractivity contribution in [3.05, 3.63) is 76.8 Å². The van der Waals surface area contributed by atoms with Gasteiger partial charge in [-0.15, -0.1) is 0 Å². The minimum absolute atomic E-state index is 0.0291. The molecule has 1 aromatic heterocycles. The largest absolute Gasteiger partial charge is 0.364 e. The number of aromatic amines is 1. The van der Waals surface area contributed by atoms with Gasteiger partial charge in [-0.1, -0.05) is 23.7 Å². The fraction of sp³-hybridized carbons (Fsp3) is 0. The number of nitrogens with one attached hydrogen (secondary N) is 3. The number of imidazole rings is 1. The molecule has 0 saturated heterocycles. The Kier molecular flexibility index (Phi) is 5.18. The van der Waals surface area contributed by atoms with Crippen LogP contribution in [0.3, 0.4) is 0 Å². The van der Waals surface area contributed by atoms with E-state index in [1.807, 2.05) is 0 Å². The van der Waals surface area contributed by atoms with Gasteiger partial charge < -0.3 is 21.4 Å². The number of amides is 3. The first-order valence-electron chi connectivity index (χ1n) is 7.76. The van der Waals surface area contributed by atoms with Crippen LogP contribution in [0.25, 0.3) is 0 Å². The predicted octanol–water partition coefficient (Wildman–Crippen LogP) is 2.67. The molecular weight excluding hydrogens is 370 g/mol. The Balaban J connectivity index is 1.68. The molecule has 9 heteroatoms. The molecule has 3 aromatic rings. The van der Waals surface area contributed by atoms with Crippen molar-refractivity contribution in [3.63, 3.8) is 0 Å². The normalized spacial score (nSPS) is 10.3. The van der Waals surface area contributed by atoms with Crippen LogP contribution in [0.4, 0.5) is 11.4 Å². The number of carbonyl (C=O) groups excluding carboxylic acids is 3. The molecule has 0 unspecified atom stereocenters. The Hall–Kier alpha value is -3.65. The average molecular weight is 384 g/mol. The standard InChI is InChI=1S/C18H14ClN5O3/c19-13-4-2-1-3-12(13)17(26)23-10-5-7-11(8-6-10)24-18(27)15-14(16(20)25)21-9-22-15/h1-9H,(H2,20,25)(H,21,22)(H,23,26)(H,24,27). The minimum atomic E-state index is -0.806. The summed E-state index contributed by atoms with van der Waals surface area (Å²) < 4.78 is 0. The highest BCUT2D eigenvalue weighted by Gasteiger charge is 2.18. The first kappa shape index (κ1) is 18.2. The van der Waals surface area contributed by atoms with Gasteiger partial charge in [0.15, 0.2) is 5.69 Å². The molecule has 0 saturated carbocycles. The maximum absolute atomic E-state index is 12.2. The number of nitrogens with two attached hydrogens (primary N) is 1. The summed E-state index contributed by atoms with van der Waals surface area (Å²) in [7, 11) is 0. The molecule has 0 bridgehead atoms. The highest BCUT2D eigenvalue weighted by molar-refractivity contribution is 6.34. The lowest BCUT2D eigenvalue weighted by atomic mass is 10.2. The SMILES string of the molecule is NC(=O)c1nc[nH]c1C(=O)Nc1ccc(NC(=O)c2ccccc2Cl)cc1. The van der Waals surface area contributed by atoms with E-state index in [4.69, 9.17) is 17.3 Å². The molecule has 0 atom stereocenters. The lowest BCUT2D eigenvalue weighted by Crippen LogP contribution is -2.20. The van der Waals surface area contributed by atoms with E-state index in [1.54, 1.807) is 48.5 Å². The molecule has 0 aliphatic carbocycles. The Bertz CT molecular complexity index is 1010. The topological polar surface area (TPSA) is 130 Å². The van der Waals surface area contributed by atoms with E-state index in [9.17, 15) is 14.4 Å². The van der Waals surface area contributed by atoms with Crippen LogP contribution >= 0.6 is 11.6 Å². The number of aromatic nitrogens is 2. The van der Waals surface area contributed by atoms with Crippen molar-refractivity contribution in [2.75, 3.05) is 10.6 Å². The number of anilines is 2. The van der Waals surface area contributed by atoms with E-state index in [-0.39, 0.29) is 17.3 Å². The molecule has 27 heavy (non-hydrogen) atoms. The molecule has 0 aliphatic heterocycles. The van der Waals surface area contributed by atoms with Crippen LogP contribution in [-0.4, -0.2) is 27.7 Å². The van der Waals surface area contributed by atoms with E-state index >= 15 is 0 Å². The van der Waals surface area contributed by atoms with Gasteiger partial charge in [-0.2, -0.15) is 0 Å². The second-order valence-corrected chi connectivity index (χ2v) is 5.86. The summed E-state index contributed by atoms with van der Waals surface area (Å²) in [5.41, 5.74) is 6.33. The number of rotatable bonds is 5. The lowest BCUT2D eigenvalue weighted by Gasteiger charge is -2.08. The van der Waals surface area contributed by atoms with Crippen LogP contribution in [0, 0.1) is 0 Å². The van der Waals surface area contributed by atoms with Crippen molar-refractivity contribution < 1.29 is 14.4 Å². The molecule has 0 radical (unpaired) electrons. The van der Waals surface area contributed by atoms with Crippen molar-refractivity contribution in [2.45, 2.75) is 0 Å². The third-order valence-corrected chi connectivity index (χ3v) is 3.95. The predicted molar refractivity (Wildman–Crippen MR) is 101 cm³/mol. The fourth-order valence-corrected chi connectivity index (χ4v) is 2.55. The molecule has 2 aromatic carbocycles. The molecule has 0 spiro atoms. The maximum atomic E-state index is 12.2. The molecule has 3 amide bonds. The second-order valence-electron chi connectivity index (χ2n) is 5.46. The number of benzene rings is 2. The molecule has 0 fully saturated rings. The number of H-pyrrole nitrogens is 1. The molecule has 8 nitrogen and oxygen atoms in total. The van der Waals surface area contributed by atoms with Gasteiger partial charge in [-0.25, -0.2) is 4.98 Å². The quantitative estimate of drug-likeness (QED) is 0.539. The maximum Gasteiger partial charge on any atom is 0.274 e. The highest BCUT2D eigenvalue weighted by atomic mass is 35.5. The summed E-state index contributed by atoms with van der Waals surface area (Å²) >= 11 is 6.00. The van der Waals surface area contributed by atoms with E-state index in [1.165, 1.54) is 6.33 Å². The van der Waals surface area contributed by atoms with Crippen LogP contribution in [0.2, 0.25) is 5.02 Å². The van der Waals surface area contributed by atoms with Crippen LogP contribution < -0.4 is 16.4 Å². The van der Waals surface area contributed by atoms with Crippen LogP contribution in [-0.2, 0) is 0 Å². The number of hydrogen-bond donors (Lipinski definition) is 4. The zero-order chi connectivity index (χ0) is 19.4. The van der Waals surface area contributed by atoms with Gasteiger partial charge in [0.25, 0.3) is 17.7 Å². The summed E-state index contributed by atoms with van der Waals surface area (Å²) in [4.78, 5) is 42.0. The average Bonchev–Trinajstić information content (AvgIpc) is 3.14. The number of halogens is 1. The van der Waals surface area contributed by atoms with Crippen molar-refractivity contribution in [1.29, 1.82) is 0 Å². The minimum Gasteiger partial charge on any atom is -0.364 e. The molecule has 136 valence electrons. The third-order valence-electron chi connectivity index (χ3n) is 3.62. The van der Waals surface area contributed by atoms with Crippen molar-refractivity contribution in [3.8, 4) is 0 Å². The third kappa shape index (κ3) is 4.13. The molecule has 1 heterocycles. The molecular formula is C18H14ClN5O3. The fourth-order valence-electron chi connectivity index (χ4n) is 2.33. The van der Waals surface area contributed by atoms with Crippen molar-refractivity contribution in [1.82, 2.24) is 9.97 Å². The number of nitrogens with zero attached hydrogens (tertiary/aromatic N) is 1. The zero-order valence-corrected chi connectivity index (χ0v) is 14.6. The van der Waals surface area contributed by atoms with Crippen LogP contribution in [0.1, 0.15) is 31.3 Å². The van der Waals surface area contributed by atoms with Crippen LogP contribution in [0.5, 0.6) is 0 Å². The van der Waals surface area contributed by atoms with Crippen LogP contribution in [0.15, 0.2) is 54.9 Å². The monoisotopic (exact) mass is 383 g/mol. The summed E-state index contributed by atoms with van der Waals surface area (Å²) in [5.74, 6) is -1.71. The van der Waals surface area contributed by atoms with Gasteiger partial charge in [0.05, 0.1) is 16.9 Å². The van der Waals surface area contributed by atoms with E-state index in [0.29, 0.717) is 22.0 Å². The van der Waals surface area contributed by atoms with Crippen molar-refractivity contribution in [2.24, 2.45) is 5.73 Å². The lowest BCUT2D eigenvalue weighted by molar-refractivity contribution is 0.0972. The number of hydrogen-bond acceptors (Lipinski definition) is 4. The summed E-state index contributed by atoms with van der Waals surface area (Å²) in [6.45, 7) is 0. The first-order valence-corrected chi connectivity index (χ1v) is 8.14. The summed E-state index contributed by atoms with van der Waals surface area (Å²) in [5, 5.41) is 5.68. The molecule has 5 N–H and O–H groups in total. The Morgan fingerprint density at radius 1 is 0.926 bits per heavy atom. The zero-order valence-electron chi connectivity index (χ0n) is 13.8. The first-order chi connectivity index (χ1) is 13.0. The van der Waals surface area contributed by atoms with E-state index in [2.05, 4.69) is 20.6 Å². The summed E-state index contributed by atoms with van der Waals surface area (Å²) in [6, 6.07) is 13.1. The Morgan fingerprint density at radius 3 is 2.11 bits per heavy atom. The van der Waals surface area contributed by atoms with E-state index in [0.717, 1.165) is 0 Å². The smallest absolute Gasteiger partial charge is 0.274 e. The Labute approximate surface area is 158 Å². The highest BCUT2D eigenvalue weighted by Crippen LogP contribution is 2.19. The second kappa shape index (κ2) is 7.71.